The summed E-state index contributed by atoms with van der Waals surface area (Å²) in [5.74, 6) is 0. The van der Waals surface area contributed by atoms with Gasteiger partial charge in [-0.25, -0.2) is 4.79 Å². The van der Waals surface area contributed by atoms with Crippen LogP contribution in [0, 0.1) is 11.8 Å². The van der Waals surface area contributed by atoms with E-state index in [0.29, 0.717) is 0 Å². The molecule has 5 nitrogen and oxygen atoms in total. The van der Waals surface area contributed by atoms with Crippen LogP contribution in [0.1, 0.15) is 0 Å². The summed E-state index contributed by atoms with van der Waals surface area (Å²) in [6.07, 6.45) is -1.83. The number of rotatable bonds is 0. The van der Waals surface area contributed by atoms with Gasteiger partial charge in [-0.05, 0) is 0 Å². The molecule has 0 aliphatic rings. The van der Waals surface area contributed by atoms with E-state index in [1.54, 1.807) is 0 Å². The Morgan fingerprint density at radius 3 is 1.38 bits per heavy atom. The Bertz CT molecular complexity index is 59.5. The van der Waals surface area contributed by atoms with Gasteiger partial charge in [0.15, 0.2) is 0 Å². The van der Waals surface area contributed by atoms with E-state index >= 15 is 0 Å². The fourth-order valence-electron chi connectivity index (χ4n) is 0. The maximum absolute atomic E-state index is 8.56. The molecule has 0 saturated carbocycles. The molecule has 0 saturated heterocycles. The standard InChI is InChI=1S/CN.CH2O3.K.H3N/c1-2;2-1(3)4;;/h;(H2,2,3,4);;1H3/q-1;;+1;. The van der Waals surface area contributed by atoms with Gasteiger partial charge in [0.05, 0.1) is 0 Å². The quantitative estimate of drug-likeness (QED) is 0.256. The minimum absolute atomic E-state index is 0. The summed E-state index contributed by atoms with van der Waals surface area (Å²) in [5, 5.41) is 20.2. The molecule has 0 bridgehead atoms. The number of nitrogens with zero attached hydrogens (tertiary/aromatic N) is 1. The average molecular weight is 144 g/mol. The first-order chi connectivity index (χ1) is 2.73. The van der Waals surface area contributed by atoms with Crippen LogP contribution in [0.5, 0.6) is 0 Å². The van der Waals surface area contributed by atoms with E-state index in [0.717, 1.165) is 0 Å². The summed E-state index contributed by atoms with van der Waals surface area (Å²) < 4.78 is 0. The van der Waals surface area contributed by atoms with Crippen LogP contribution in [-0.4, -0.2) is 16.4 Å². The molecule has 0 aliphatic carbocycles. The molecule has 0 aromatic rings. The molecule has 0 unspecified atom stereocenters. The molecule has 5 N–H and O–H groups in total. The Hall–Kier alpha value is 0.356. The van der Waals surface area contributed by atoms with Gasteiger partial charge in [0.25, 0.3) is 0 Å². The predicted molar refractivity (Wildman–Crippen MR) is 20.6 cm³/mol. The van der Waals surface area contributed by atoms with Crippen LogP contribution in [0.15, 0.2) is 0 Å². The van der Waals surface area contributed by atoms with Crippen molar-refractivity contribution in [3.8, 4) is 0 Å². The van der Waals surface area contributed by atoms with Crippen molar-refractivity contribution < 1.29 is 66.4 Å². The molecule has 0 fully saturated rings. The van der Waals surface area contributed by atoms with Crippen molar-refractivity contribution in [1.82, 2.24) is 6.15 Å². The number of carbonyl (C=O) groups is 1. The van der Waals surface area contributed by atoms with Gasteiger partial charge in [0.2, 0.25) is 0 Å². The summed E-state index contributed by atoms with van der Waals surface area (Å²) in [4.78, 5) is 8.56. The van der Waals surface area contributed by atoms with E-state index in [1.807, 2.05) is 0 Å². The van der Waals surface area contributed by atoms with Gasteiger partial charge in [-0.3, -0.25) is 0 Å². The Balaban J connectivity index is -0.0000000183. The van der Waals surface area contributed by atoms with Crippen molar-refractivity contribution in [2.24, 2.45) is 0 Å². The third-order valence-corrected chi connectivity index (χ3v) is 0. The normalized spacial score (nSPS) is 3.25. The zero-order valence-electron chi connectivity index (χ0n) is 4.46. The monoisotopic (exact) mass is 144 g/mol. The molecule has 0 radical (unpaired) electrons. The van der Waals surface area contributed by atoms with Crippen molar-refractivity contribution in [1.29, 1.82) is 5.26 Å². The van der Waals surface area contributed by atoms with Crippen LogP contribution in [0.2, 0.25) is 0 Å². The van der Waals surface area contributed by atoms with E-state index in [9.17, 15) is 0 Å². The topological polar surface area (TPSA) is 116 Å². The summed E-state index contributed by atoms with van der Waals surface area (Å²) >= 11 is 0. The van der Waals surface area contributed by atoms with Crippen molar-refractivity contribution >= 4 is 6.16 Å². The fourth-order valence-corrected chi connectivity index (χ4v) is 0. The zero-order valence-corrected chi connectivity index (χ0v) is 7.58. The van der Waals surface area contributed by atoms with E-state index in [1.165, 1.54) is 0 Å². The maximum Gasteiger partial charge on any atom is 1.00 e. The van der Waals surface area contributed by atoms with Gasteiger partial charge < -0.3 is 28.2 Å². The van der Waals surface area contributed by atoms with E-state index < -0.39 is 6.16 Å². The van der Waals surface area contributed by atoms with Crippen molar-refractivity contribution in [3.05, 3.63) is 6.57 Å². The smallest absolute Gasteiger partial charge is 0.512 e. The van der Waals surface area contributed by atoms with Gasteiger partial charge in [0, 0.05) is 0 Å². The van der Waals surface area contributed by atoms with Crippen LogP contribution in [0.3, 0.4) is 0 Å². The van der Waals surface area contributed by atoms with Gasteiger partial charge in [-0.1, -0.05) is 0 Å². The second-order valence-electron chi connectivity index (χ2n) is 0.283. The molecule has 0 aromatic carbocycles. The van der Waals surface area contributed by atoms with Crippen molar-refractivity contribution in [2.45, 2.75) is 0 Å². The summed E-state index contributed by atoms with van der Waals surface area (Å²) in [6, 6.07) is 0. The Labute approximate surface area is 89.3 Å². The van der Waals surface area contributed by atoms with Gasteiger partial charge >= 0.3 is 57.5 Å². The van der Waals surface area contributed by atoms with Gasteiger partial charge in [-0.15, -0.1) is 0 Å². The molecule has 0 aliphatic heterocycles. The summed E-state index contributed by atoms with van der Waals surface area (Å²) in [5.41, 5.74) is 0. The molecule has 42 valence electrons. The number of carboxylic acid groups (broad SMARTS) is 2. The minimum atomic E-state index is -1.83. The van der Waals surface area contributed by atoms with Crippen LogP contribution >= 0.6 is 0 Å². The second kappa shape index (κ2) is 26.4. The molecule has 6 heteroatoms. The predicted octanol–water partition coefficient (Wildman–Crippen LogP) is -2.52. The van der Waals surface area contributed by atoms with Crippen LogP contribution in [0.4, 0.5) is 4.79 Å². The number of hydrogen-bond acceptors (Lipinski definition) is 3. The Morgan fingerprint density at radius 1 is 1.38 bits per heavy atom. The molecule has 0 aromatic heterocycles. The Kier molecular flexibility index (Phi) is 78.6. The van der Waals surface area contributed by atoms with Gasteiger partial charge in [-0.2, -0.15) is 0 Å². The van der Waals surface area contributed by atoms with Crippen molar-refractivity contribution in [3.63, 3.8) is 0 Å². The fraction of sp³-hybridized carbons (Fsp3) is 0. The van der Waals surface area contributed by atoms with Gasteiger partial charge in [0.1, 0.15) is 0 Å². The van der Waals surface area contributed by atoms with Crippen LogP contribution in [-0.2, 0) is 0 Å². The third-order valence-electron chi connectivity index (χ3n) is 0. The maximum atomic E-state index is 8.56. The molecule has 0 atom stereocenters. The average Bonchev–Trinajstić information content (AvgIpc) is 1.41. The van der Waals surface area contributed by atoms with E-state index in [4.69, 9.17) is 26.8 Å². The summed E-state index contributed by atoms with van der Waals surface area (Å²) in [7, 11) is 0. The first kappa shape index (κ1) is 23.8. The number of hydrogen-bond donors (Lipinski definition) is 3. The third kappa shape index (κ3) is 1440. The molecule has 0 amide bonds. The molecular weight excluding hydrogens is 139 g/mol. The largest absolute Gasteiger partial charge is 1.00 e. The summed E-state index contributed by atoms with van der Waals surface area (Å²) in [6.45, 7) is 4.75. The molecule has 0 rings (SSSR count). The first-order valence-electron chi connectivity index (χ1n) is 0.875. The van der Waals surface area contributed by atoms with E-state index in [-0.39, 0.29) is 57.5 Å². The molecule has 0 heterocycles. The Morgan fingerprint density at radius 2 is 1.38 bits per heavy atom. The molecule has 8 heavy (non-hydrogen) atoms. The molecular formula is C2H5KN2O3. The minimum Gasteiger partial charge on any atom is -0.512 e. The first-order valence-corrected chi connectivity index (χ1v) is 0.875. The SMILES string of the molecule is N.O=C(O)O.[C-]#N.[K+]. The van der Waals surface area contributed by atoms with Crippen LogP contribution < -0.4 is 57.5 Å². The second-order valence-corrected chi connectivity index (χ2v) is 0.283. The molecule has 0 spiro atoms. The van der Waals surface area contributed by atoms with Crippen LogP contribution in [0.25, 0.3) is 0 Å². The zero-order chi connectivity index (χ0) is 5.58. The van der Waals surface area contributed by atoms with E-state index in [2.05, 4.69) is 0 Å². The van der Waals surface area contributed by atoms with Crippen molar-refractivity contribution in [2.75, 3.05) is 0 Å².